The van der Waals surface area contributed by atoms with Crippen molar-refractivity contribution in [1.82, 2.24) is 5.32 Å². The molecular weight excluding hydrogens is 138 g/mol. The smallest absolute Gasteiger partial charge is 0.0699 e. The fraction of sp³-hybridized carbons (Fsp3) is 1.00. The predicted molar refractivity (Wildman–Crippen MR) is 46.8 cm³/mol. The molecule has 1 aliphatic rings. The third-order valence-corrected chi connectivity index (χ3v) is 2.07. The number of hydrogen-bond donors (Lipinski definition) is 1. The molecule has 0 saturated carbocycles. The number of hydrogen-bond acceptors (Lipinski definition) is 2. The zero-order valence-corrected chi connectivity index (χ0v) is 7.44. The minimum absolute atomic E-state index is 0.496. The fourth-order valence-electron chi connectivity index (χ4n) is 1.41. The molecule has 0 radical (unpaired) electrons. The highest BCUT2D eigenvalue weighted by molar-refractivity contribution is 4.65. The Bertz CT molecular complexity index is 89.6. The van der Waals surface area contributed by atoms with Crippen molar-refractivity contribution in [2.24, 2.45) is 0 Å². The first-order valence-electron chi connectivity index (χ1n) is 4.76. The van der Waals surface area contributed by atoms with E-state index >= 15 is 0 Å². The topological polar surface area (TPSA) is 21.3 Å². The van der Waals surface area contributed by atoms with Crippen molar-refractivity contribution in [2.45, 2.75) is 38.7 Å². The molecule has 1 rings (SSSR count). The summed E-state index contributed by atoms with van der Waals surface area (Å²) in [7, 11) is 0. The summed E-state index contributed by atoms with van der Waals surface area (Å²) in [5.74, 6) is 0. The Morgan fingerprint density at radius 2 is 2.36 bits per heavy atom. The maximum atomic E-state index is 5.56. The highest BCUT2D eigenvalue weighted by Gasteiger charge is 2.12. The molecule has 1 aliphatic heterocycles. The maximum absolute atomic E-state index is 5.56. The van der Waals surface area contributed by atoms with Gasteiger partial charge in [-0.2, -0.15) is 0 Å². The van der Waals surface area contributed by atoms with Gasteiger partial charge in [0.05, 0.1) is 6.10 Å². The van der Waals surface area contributed by atoms with E-state index in [4.69, 9.17) is 4.74 Å². The van der Waals surface area contributed by atoms with Crippen molar-refractivity contribution >= 4 is 0 Å². The van der Waals surface area contributed by atoms with Gasteiger partial charge >= 0.3 is 0 Å². The van der Waals surface area contributed by atoms with E-state index in [1.807, 2.05) is 0 Å². The van der Waals surface area contributed by atoms with Gasteiger partial charge in [0.2, 0.25) is 0 Å². The standard InChI is InChI=1S/C9H19NO/c1-2-6-10-8-9-5-3-4-7-11-9/h9-10H,2-8H2,1H3/t9-/m0/s1. The molecule has 2 heteroatoms. The third kappa shape index (κ3) is 3.73. The first-order chi connectivity index (χ1) is 5.43. The first kappa shape index (κ1) is 9.01. The Balaban J connectivity index is 1.96. The van der Waals surface area contributed by atoms with Gasteiger partial charge in [0.15, 0.2) is 0 Å². The van der Waals surface area contributed by atoms with Crippen molar-refractivity contribution < 1.29 is 4.74 Å². The lowest BCUT2D eigenvalue weighted by Gasteiger charge is -2.22. The molecule has 1 N–H and O–H groups in total. The van der Waals surface area contributed by atoms with Crippen LogP contribution in [0, 0.1) is 0 Å². The van der Waals surface area contributed by atoms with Crippen molar-refractivity contribution in [3.8, 4) is 0 Å². The van der Waals surface area contributed by atoms with Gasteiger partial charge in [-0.25, -0.2) is 0 Å². The van der Waals surface area contributed by atoms with Crippen molar-refractivity contribution in [3.05, 3.63) is 0 Å². The first-order valence-corrected chi connectivity index (χ1v) is 4.76. The van der Waals surface area contributed by atoms with E-state index < -0.39 is 0 Å². The monoisotopic (exact) mass is 157 g/mol. The van der Waals surface area contributed by atoms with Crippen molar-refractivity contribution in [3.63, 3.8) is 0 Å². The van der Waals surface area contributed by atoms with Crippen LogP contribution in [0.3, 0.4) is 0 Å². The Hall–Kier alpha value is -0.0800. The zero-order valence-electron chi connectivity index (χ0n) is 7.44. The summed E-state index contributed by atoms with van der Waals surface area (Å²) in [6.45, 7) is 5.33. The second-order valence-corrected chi connectivity index (χ2v) is 3.19. The summed E-state index contributed by atoms with van der Waals surface area (Å²) in [5, 5.41) is 3.38. The van der Waals surface area contributed by atoms with E-state index in [0.29, 0.717) is 6.10 Å². The van der Waals surface area contributed by atoms with Crippen LogP contribution in [0.4, 0.5) is 0 Å². The van der Waals surface area contributed by atoms with E-state index in [1.165, 1.54) is 25.7 Å². The molecule has 0 aromatic carbocycles. The van der Waals surface area contributed by atoms with Crippen LogP contribution in [0.2, 0.25) is 0 Å². The van der Waals surface area contributed by atoms with Crippen LogP contribution in [0.15, 0.2) is 0 Å². The van der Waals surface area contributed by atoms with Gasteiger partial charge in [-0.3, -0.25) is 0 Å². The second kappa shape index (κ2) is 5.56. The summed E-state index contributed by atoms with van der Waals surface area (Å²) in [4.78, 5) is 0. The van der Waals surface area contributed by atoms with Crippen LogP contribution >= 0.6 is 0 Å². The molecule has 1 fully saturated rings. The van der Waals surface area contributed by atoms with Crippen molar-refractivity contribution in [2.75, 3.05) is 19.7 Å². The minimum Gasteiger partial charge on any atom is -0.377 e. The Morgan fingerprint density at radius 1 is 1.45 bits per heavy atom. The average molecular weight is 157 g/mol. The summed E-state index contributed by atoms with van der Waals surface area (Å²) in [6.07, 6.45) is 5.56. The van der Waals surface area contributed by atoms with E-state index in [-0.39, 0.29) is 0 Å². The summed E-state index contributed by atoms with van der Waals surface area (Å²) in [6, 6.07) is 0. The van der Waals surface area contributed by atoms with E-state index in [2.05, 4.69) is 12.2 Å². The Kier molecular flexibility index (Phi) is 4.55. The normalized spacial score (nSPS) is 25.4. The Morgan fingerprint density at radius 3 is 3.00 bits per heavy atom. The van der Waals surface area contributed by atoms with Gasteiger partial charge in [0.1, 0.15) is 0 Å². The van der Waals surface area contributed by atoms with Gasteiger partial charge in [-0.1, -0.05) is 6.92 Å². The predicted octanol–water partition coefficient (Wildman–Crippen LogP) is 1.56. The van der Waals surface area contributed by atoms with Crippen LogP contribution in [0.25, 0.3) is 0 Å². The lowest BCUT2D eigenvalue weighted by atomic mass is 10.1. The van der Waals surface area contributed by atoms with Crippen LogP contribution in [0.5, 0.6) is 0 Å². The molecule has 0 spiro atoms. The van der Waals surface area contributed by atoms with Crippen LogP contribution < -0.4 is 5.32 Å². The van der Waals surface area contributed by atoms with Gasteiger partial charge < -0.3 is 10.1 Å². The molecule has 1 heterocycles. The average Bonchev–Trinajstić information content (AvgIpc) is 2.07. The highest BCUT2D eigenvalue weighted by Crippen LogP contribution is 2.11. The quantitative estimate of drug-likeness (QED) is 0.625. The van der Waals surface area contributed by atoms with Gasteiger partial charge in [0, 0.05) is 13.2 Å². The fourth-order valence-corrected chi connectivity index (χ4v) is 1.41. The SMILES string of the molecule is CCCNC[C@@H]1CCCCO1. The molecule has 0 aromatic rings. The minimum atomic E-state index is 0.496. The van der Waals surface area contributed by atoms with Gasteiger partial charge in [0.25, 0.3) is 0 Å². The second-order valence-electron chi connectivity index (χ2n) is 3.19. The van der Waals surface area contributed by atoms with E-state index in [1.54, 1.807) is 0 Å². The van der Waals surface area contributed by atoms with Gasteiger partial charge in [-0.05, 0) is 32.2 Å². The largest absolute Gasteiger partial charge is 0.377 e. The molecule has 0 unspecified atom stereocenters. The van der Waals surface area contributed by atoms with E-state index in [0.717, 1.165) is 19.7 Å². The molecule has 1 saturated heterocycles. The molecule has 0 aliphatic carbocycles. The molecular formula is C9H19NO. The van der Waals surface area contributed by atoms with E-state index in [9.17, 15) is 0 Å². The molecule has 0 bridgehead atoms. The number of ether oxygens (including phenoxy) is 1. The summed E-state index contributed by atoms with van der Waals surface area (Å²) < 4.78 is 5.56. The summed E-state index contributed by atoms with van der Waals surface area (Å²) >= 11 is 0. The van der Waals surface area contributed by atoms with Crippen LogP contribution in [0.1, 0.15) is 32.6 Å². The van der Waals surface area contributed by atoms with Crippen molar-refractivity contribution in [1.29, 1.82) is 0 Å². The summed E-state index contributed by atoms with van der Waals surface area (Å²) in [5.41, 5.74) is 0. The third-order valence-electron chi connectivity index (χ3n) is 2.07. The lowest BCUT2D eigenvalue weighted by Crippen LogP contribution is -2.32. The molecule has 66 valence electrons. The zero-order chi connectivity index (χ0) is 7.94. The lowest BCUT2D eigenvalue weighted by molar-refractivity contribution is 0.0171. The molecule has 0 amide bonds. The van der Waals surface area contributed by atoms with Gasteiger partial charge in [-0.15, -0.1) is 0 Å². The van der Waals surface area contributed by atoms with Crippen LogP contribution in [-0.4, -0.2) is 25.8 Å². The molecule has 11 heavy (non-hydrogen) atoms. The number of rotatable bonds is 4. The van der Waals surface area contributed by atoms with Crippen LogP contribution in [-0.2, 0) is 4.74 Å². The molecule has 1 atom stereocenters. The molecule has 2 nitrogen and oxygen atoms in total. The highest BCUT2D eigenvalue weighted by atomic mass is 16.5. The molecule has 0 aromatic heterocycles. The maximum Gasteiger partial charge on any atom is 0.0699 e. The Labute approximate surface area is 69.3 Å². The number of nitrogens with one attached hydrogen (secondary N) is 1.